The summed E-state index contributed by atoms with van der Waals surface area (Å²) in [7, 11) is 1.28. The first-order valence-corrected chi connectivity index (χ1v) is 13.5. The molecule has 34 heavy (non-hydrogen) atoms. The Hall–Kier alpha value is -2.69. The lowest BCUT2D eigenvalue weighted by atomic mass is 10.0. The van der Waals surface area contributed by atoms with Crippen molar-refractivity contribution in [3.05, 3.63) is 27.2 Å². The number of nitrogen functional groups attached to an aromatic ring is 1. The van der Waals surface area contributed by atoms with Crippen molar-refractivity contribution in [1.29, 1.82) is 0 Å². The molecule has 1 fully saturated rings. The number of oxime groups is 1. The van der Waals surface area contributed by atoms with Crippen LogP contribution < -0.4 is 11.1 Å². The first-order valence-electron chi connectivity index (χ1n) is 9.83. The molecule has 2 aromatic rings. The van der Waals surface area contributed by atoms with E-state index in [4.69, 9.17) is 10.6 Å². The van der Waals surface area contributed by atoms with Crippen molar-refractivity contribution in [3.8, 4) is 0 Å². The topological polar surface area (TPSA) is 173 Å². The Morgan fingerprint density at radius 2 is 2.26 bits per heavy atom. The normalized spacial score (nSPS) is 20.1. The molecule has 2 aliphatic rings. The summed E-state index contributed by atoms with van der Waals surface area (Å²) in [5.41, 5.74) is 6.29. The molecule has 0 radical (unpaired) electrons. The monoisotopic (exact) mass is 541 g/mol. The maximum atomic E-state index is 12.9. The number of carboxylic acids is 1. The van der Waals surface area contributed by atoms with Crippen molar-refractivity contribution >= 4 is 75.0 Å². The minimum Gasteiger partial charge on any atom is -0.477 e. The molecular formula is C18H19N7O5S4. The molecule has 4 N–H and O–H groups in total. The molecule has 0 aromatic carbocycles. The van der Waals surface area contributed by atoms with Crippen LogP contribution in [0, 0.1) is 0 Å². The summed E-state index contributed by atoms with van der Waals surface area (Å²) in [5.74, 6) is -1.60. The third-order valence-corrected chi connectivity index (χ3v) is 9.03. The number of nitrogens with zero attached hydrogens (tertiary/aromatic N) is 5. The fraction of sp³-hybridized carbons (Fsp3) is 0.389. The number of aromatic nitrogens is 3. The maximum absolute atomic E-state index is 12.9. The Balaban J connectivity index is 1.49. The van der Waals surface area contributed by atoms with E-state index in [1.54, 1.807) is 5.38 Å². The predicted octanol–water partition coefficient (Wildman–Crippen LogP) is 1.02. The average Bonchev–Trinajstić information content (AvgIpc) is 3.46. The molecule has 1 unspecified atom stereocenters. The number of hydrogen-bond acceptors (Lipinski definition) is 13. The molecule has 0 saturated carbocycles. The van der Waals surface area contributed by atoms with Crippen molar-refractivity contribution in [2.24, 2.45) is 5.16 Å². The number of aliphatic carboxylic acids is 1. The van der Waals surface area contributed by atoms with Crippen molar-refractivity contribution in [2.45, 2.75) is 29.8 Å². The SMILES string of the molecule is CCc1snnc1SCC1=C(C(=O)O)N2C(=O)[C@H](NC(=O)/C(=N\OC)c3csc(N)n3)C2SC1. The van der Waals surface area contributed by atoms with Crippen molar-refractivity contribution in [2.75, 3.05) is 24.3 Å². The molecule has 12 nitrogen and oxygen atoms in total. The van der Waals surface area contributed by atoms with Gasteiger partial charge in [0.15, 0.2) is 10.8 Å². The molecule has 4 rings (SSSR count). The van der Waals surface area contributed by atoms with Crippen LogP contribution in [0.1, 0.15) is 17.5 Å². The largest absolute Gasteiger partial charge is 0.477 e. The Kier molecular flexibility index (Phi) is 7.39. The van der Waals surface area contributed by atoms with Gasteiger partial charge in [-0.25, -0.2) is 9.78 Å². The fourth-order valence-electron chi connectivity index (χ4n) is 3.38. The summed E-state index contributed by atoms with van der Waals surface area (Å²) in [6, 6.07) is -0.909. The highest BCUT2D eigenvalue weighted by Gasteiger charge is 2.54. The zero-order valence-corrected chi connectivity index (χ0v) is 21.1. The molecule has 2 amide bonds. The molecule has 16 heteroatoms. The van der Waals surface area contributed by atoms with E-state index >= 15 is 0 Å². The van der Waals surface area contributed by atoms with Gasteiger partial charge in [0.25, 0.3) is 11.8 Å². The van der Waals surface area contributed by atoms with Crippen LogP contribution >= 0.6 is 46.4 Å². The van der Waals surface area contributed by atoms with E-state index in [9.17, 15) is 19.5 Å². The van der Waals surface area contributed by atoms with Crippen LogP contribution in [0.25, 0.3) is 0 Å². The zero-order chi connectivity index (χ0) is 24.4. The van der Waals surface area contributed by atoms with Gasteiger partial charge < -0.3 is 21.0 Å². The van der Waals surface area contributed by atoms with Crippen molar-refractivity contribution < 1.29 is 24.3 Å². The highest BCUT2D eigenvalue weighted by molar-refractivity contribution is 8.01. The van der Waals surface area contributed by atoms with E-state index in [0.717, 1.165) is 27.7 Å². The van der Waals surface area contributed by atoms with Gasteiger partial charge in [-0.05, 0) is 23.5 Å². The van der Waals surface area contributed by atoms with Gasteiger partial charge in [-0.15, -0.1) is 28.2 Å². The molecular weight excluding hydrogens is 523 g/mol. The number of anilines is 1. The lowest BCUT2D eigenvalue weighted by molar-refractivity contribution is -0.150. The number of nitrogens with one attached hydrogen (secondary N) is 1. The second-order valence-electron chi connectivity index (χ2n) is 6.96. The molecule has 2 atom stereocenters. The number of fused-ring (bicyclic) bond motifs is 1. The Morgan fingerprint density at radius 3 is 2.91 bits per heavy atom. The molecule has 0 spiro atoms. The molecule has 1 saturated heterocycles. The number of β-lactam (4-membered cyclic amide) rings is 1. The lowest BCUT2D eigenvalue weighted by Gasteiger charge is -2.49. The van der Waals surface area contributed by atoms with E-state index < -0.39 is 29.2 Å². The Morgan fingerprint density at radius 1 is 1.47 bits per heavy atom. The van der Waals surface area contributed by atoms with E-state index in [-0.39, 0.29) is 22.2 Å². The van der Waals surface area contributed by atoms with Crippen LogP contribution in [0.3, 0.4) is 0 Å². The van der Waals surface area contributed by atoms with Crippen LogP contribution in [0.4, 0.5) is 5.13 Å². The number of carbonyl (C=O) groups is 3. The van der Waals surface area contributed by atoms with Gasteiger partial charge in [0.05, 0.1) is 4.88 Å². The van der Waals surface area contributed by atoms with E-state index in [1.807, 2.05) is 6.92 Å². The molecule has 4 heterocycles. The van der Waals surface area contributed by atoms with Gasteiger partial charge in [-0.2, -0.15) is 0 Å². The highest BCUT2D eigenvalue weighted by Crippen LogP contribution is 2.41. The molecule has 180 valence electrons. The van der Waals surface area contributed by atoms with Crippen LogP contribution in [0.15, 0.2) is 26.8 Å². The molecule has 0 aliphatic carbocycles. The Labute approximate surface area is 210 Å². The van der Waals surface area contributed by atoms with Gasteiger partial charge in [0, 0.05) is 16.9 Å². The number of aryl methyl sites for hydroxylation is 1. The zero-order valence-electron chi connectivity index (χ0n) is 17.9. The third kappa shape index (κ3) is 4.62. The van der Waals surface area contributed by atoms with Gasteiger partial charge in [-0.1, -0.05) is 28.3 Å². The molecule has 2 aromatic heterocycles. The van der Waals surface area contributed by atoms with Gasteiger partial charge >= 0.3 is 5.97 Å². The number of nitrogens with two attached hydrogens (primary N) is 1. The second-order valence-corrected chi connectivity index (χ2v) is 10.8. The van der Waals surface area contributed by atoms with Crippen LogP contribution in [-0.2, 0) is 25.6 Å². The van der Waals surface area contributed by atoms with E-state index in [2.05, 4.69) is 25.0 Å². The molecule has 0 bridgehead atoms. The standard InChI is InChI=1S/C18H19N7O5S4/c1-3-9-14(22-24-34-9)31-4-7-5-32-16-11(15(27)25(16)12(7)17(28)29)21-13(26)10(23-30-2)8-6-33-18(19)20-8/h6,11,16H,3-5H2,1-2H3,(H2,19,20)(H,21,26)(H,28,29)/b23-10-/t11-,16?/m0/s1. The third-order valence-electron chi connectivity index (χ3n) is 4.92. The average molecular weight is 542 g/mol. The fourth-order valence-corrected chi connectivity index (χ4v) is 7.16. The number of carboxylic acid groups (broad SMARTS) is 1. The first-order chi connectivity index (χ1) is 16.3. The minimum absolute atomic E-state index is 0.0500. The highest BCUT2D eigenvalue weighted by atomic mass is 32.2. The summed E-state index contributed by atoms with van der Waals surface area (Å²) in [6.45, 7) is 2.00. The van der Waals surface area contributed by atoms with Gasteiger partial charge in [0.1, 0.15) is 34.9 Å². The van der Waals surface area contributed by atoms with E-state index in [0.29, 0.717) is 17.1 Å². The first kappa shape index (κ1) is 24.4. The minimum atomic E-state index is -1.19. The summed E-state index contributed by atoms with van der Waals surface area (Å²) < 4.78 is 3.95. The summed E-state index contributed by atoms with van der Waals surface area (Å²) >= 11 is 5.24. The Bertz CT molecular complexity index is 1190. The predicted molar refractivity (Wildman–Crippen MR) is 130 cm³/mol. The van der Waals surface area contributed by atoms with Gasteiger partial charge in [-0.3, -0.25) is 14.5 Å². The number of thioether (sulfide) groups is 2. The smallest absolute Gasteiger partial charge is 0.352 e. The van der Waals surface area contributed by atoms with Crippen molar-refractivity contribution in [3.63, 3.8) is 0 Å². The number of carbonyl (C=O) groups excluding carboxylic acids is 2. The number of thiazole rings is 1. The molecule has 2 aliphatic heterocycles. The van der Waals surface area contributed by atoms with Crippen LogP contribution in [-0.4, -0.2) is 78.1 Å². The number of amides is 2. The van der Waals surface area contributed by atoms with Crippen molar-refractivity contribution in [1.82, 2.24) is 24.8 Å². The van der Waals surface area contributed by atoms with E-state index in [1.165, 1.54) is 47.1 Å². The number of rotatable bonds is 9. The summed E-state index contributed by atoms with van der Waals surface area (Å²) in [6.07, 6.45) is 0.787. The van der Waals surface area contributed by atoms with Crippen LogP contribution in [0.2, 0.25) is 0 Å². The lowest BCUT2D eigenvalue weighted by Crippen LogP contribution is -2.71. The quantitative estimate of drug-likeness (QED) is 0.179. The summed E-state index contributed by atoms with van der Waals surface area (Å²) in [5, 5.41) is 22.3. The number of hydrogen-bond donors (Lipinski definition) is 3. The van der Waals surface area contributed by atoms with Gasteiger partial charge in [0.2, 0.25) is 0 Å². The maximum Gasteiger partial charge on any atom is 0.352 e. The summed E-state index contributed by atoms with van der Waals surface area (Å²) in [4.78, 5) is 48.8. The second kappa shape index (κ2) is 10.3. The van der Waals surface area contributed by atoms with Crippen LogP contribution in [0.5, 0.6) is 0 Å².